The summed E-state index contributed by atoms with van der Waals surface area (Å²) in [6, 6.07) is 6.53. The van der Waals surface area contributed by atoms with Crippen LogP contribution >= 0.6 is 0 Å². The van der Waals surface area contributed by atoms with Crippen LogP contribution in [0.3, 0.4) is 0 Å². The Morgan fingerprint density at radius 3 is 2.58 bits per heavy atom. The Morgan fingerprint density at radius 2 is 1.89 bits per heavy atom. The summed E-state index contributed by atoms with van der Waals surface area (Å²) >= 11 is 0. The molecule has 1 aromatic carbocycles. The van der Waals surface area contributed by atoms with E-state index >= 15 is 0 Å². The minimum Gasteiger partial charge on any atom is -0.497 e. The van der Waals surface area contributed by atoms with Gasteiger partial charge >= 0.3 is 5.97 Å². The van der Waals surface area contributed by atoms with Gasteiger partial charge in [0, 0.05) is 5.56 Å². The summed E-state index contributed by atoms with van der Waals surface area (Å²) in [6.45, 7) is 0. The summed E-state index contributed by atoms with van der Waals surface area (Å²) in [5.74, 6) is -0.623. The van der Waals surface area contributed by atoms with Crippen LogP contribution < -0.4 is 4.74 Å². The Bertz CT molecular complexity index is 621. The molecule has 0 aliphatic heterocycles. The number of H-pyrrole nitrogens is 1. The number of nitrogens with zero attached hydrogens (tertiary/aromatic N) is 2. The molecule has 0 spiro atoms. The lowest BCUT2D eigenvalue weighted by Gasteiger charge is -2.02. The standard InChI is InChI=1S/C12H11N3O4/c1-18-8-5-3-4-7(6-8)11(16)9-10(12(17)19-2)14-15-13-9/h3-6H,1-2H3,(H,13,14,15). The smallest absolute Gasteiger partial charge is 0.361 e. The minimum absolute atomic E-state index is 0.0832. The molecule has 0 amide bonds. The molecule has 19 heavy (non-hydrogen) atoms. The third kappa shape index (κ3) is 2.44. The zero-order chi connectivity index (χ0) is 13.8. The molecule has 0 aliphatic carbocycles. The van der Waals surface area contributed by atoms with E-state index < -0.39 is 11.8 Å². The van der Waals surface area contributed by atoms with Gasteiger partial charge in [0.15, 0.2) is 5.69 Å². The van der Waals surface area contributed by atoms with E-state index in [1.165, 1.54) is 14.2 Å². The highest BCUT2D eigenvalue weighted by molar-refractivity contribution is 6.12. The summed E-state index contributed by atoms with van der Waals surface area (Å²) in [7, 11) is 2.70. The second kappa shape index (κ2) is 5.30. The van der Waals surface area contributed by atoms with Crippen LogP contribution in [0, 0.1) is 0 Å². The largest absolute Gasteiger partial charge is 0.497 e. The van der Waals surface area contributed by atoms with Crippen LogP contribution in [0.4, 0.5) is 0 Å². The average molecular weight is 261 g/mol. The first kappa shape index (κ1) is 12.7. The predicted molar refractivity (Wildman–Crippen MR) is 64.1 cm³/mol. The number of hydrogen-bond acceptors (Lipinski definition) is 6. The molecule has 7 heteroatoms. The molecule has 0 bridgehead atoms. The summed E-state index contributed by atoms with van der Waals surface area (Å²) in [5.41, 5.74) is 0.119. The van der Waals surface area contributed by atoms with Crippen LogP contribution in [0.25, 0.3) is 0 Å². The first-order chi connectivity index (χ1) is 9.17. The van der Waals surface area contributed by atoms with Crippen molar-refractivity contribution in [2.45, 2.75) is 0 Å². The molecule has 0 saturated heterocycles. The molecule has 1 aromatic heterocycles. The van der Waals surface area contributed by atoms with Crippen LogP contribution in [0.1, 0.15) is 26.5 Å². The van der Waals surface area contributed by atoms with Crippen molar-refractivity contribution in [1.82, 2.24) is 15.4 Å². The number of methoxy groups -OCH3 is 2. The van der Waals surface area contributed by atoms with Gasteiger partial charge in [-0.1, -0.05) is 12.1 Å². The number of rotatable bonds is 4. The van der Waals surface area contributed by atoms with E-state index in [1.807, 2.05) is 0 Å². The third-order valence-corrected chi connectivity index (χ3v) is 2.47. The molecule has 98 valence electrons. The molecule has 0 fully saturated rings. The lowest BCUT2D eigenvalue weighted by Crippen LogP contribution is -2.11. The van der Waals surface area contributed by atoms with Gasteiger partial charge < -0.3 is 9.47 Å². The van der Waals surface area contributed by atoms with E-state index in [4.69, 9.17) is 4.74 Å². The van der Waals surface area contributed by atoms with Gasteiger partial charge in [0.2, 0.25) is 11.5 Å². The highest BCUT2D eigenvalue weighted by Gasteiger charge is 2.24. The van der Waals surface area contributed by atoms with E-state index in [-0.39, 0.29) is 11.4 Å². The van der Waals surface area contributed by atoms with Crippen molar-refractivity contribution in [3.63, 3.8) is 0 Å². The van der Waals surface area contributed by atoms with Crippen molar-refractivity contribution in [2.24, 2.45) is 0 Å². The molecule has 0 saturated carbocycles. The Labute approximate surface area is 108 Å². The number of carbonyl (C=O) groups excluding carboxylic acids is 2. The average Bonchev–Trinajstić information content (AvgIpc) is 2.95. The molecule has 2 aromatic rings. The maximum Gasteiger partial charge on any atom is 0.361 e. The van der Waals surface area contributed by atoms with Crippen LogP contribution in [0.5, 0.6) is 5.75 Å². The van der Waals surface area contributed by atoms with Crippen molar-refractivity contribution in [3.8, 4) is 5.75 Å². The molecule has 1 heterocycles. The van der Waals surface area contributed by atoms with Crippen molar-refractivity contribution < 1.29 is 19.1 Å². The minimum atomic E-state index is -0.722. The highest BCUT2D eigenvalue weighted by atomic mass is 16.5. The number of nitrogens with one attached hydrogen (secondary N) is 1. The Kier molecular flexibility index (Phi) is 3.56. The van der Waals surface area contributed by atoms with Gasteiger partial charge in [-0.15, -0.1) is 5.10 Å². The van der Waals surface area contributed by atoms with Gasteiger partial charge in [0.25, 0.3) is 0 Å². The fraction of sp³-hybridized carbons (Fsp3) is 0.167. The Hall–Kier alpha value is -2.70. The van der Waals surface area contributed by atoms with E-state index in [0.29, 0.717) is 11.3 Å². The number of hydrogen-bond donors (Lipinski definition) is 1. The second-order valence-electron chi connectivity index (χ2n) is 3.57. The van der Waals surface area contributed by atoms with E-state index in [1.54, 1.807) is 24.3 Å². The fourth-order valence-corrected chi connectivity index (χ4v) is 1.53. The molecule has 7 nitrogen and oxygen atoms in total. The highest BCUT2D eigenvalue weighted by Crippen LogP contribution is 2.16. The summed E-state index contributed by atoms with van der Waals surface area (Å²) in [4.78, 5) is 23.7. The summed E-state index contributed by atoms with van der Waals surface area (Å²) in [6.07, 6.45) is 0. The SMILES string of the molecule is COC(=O)c1n[nH]nc1C(=O)c1cccc(OC)c1. The van der Waals surface area contributed by atoms with Crippen LogP contribution in [0.2, 0.25) is 0 Å². The monoisotopic (exact) mass is 261 g/mol. The number of aromatic nitrogens is 3. The van der Waals surface area contributed by atoms with Crippen LogP contribution in [0.15, 0.2) is 24.3 Å². The topological polar surface area (TPSA) is 94.2 Å². The van der Waals surface area contributed by atoms with E-state index in [0.717, 1.165) is 0 Å². The summed E-state index contributed by atoms with van der Waals surface area (Å²) in [5, 5.41) is 9.54. The number of benzene rings is 1. The molecule has 0 atom stereocenters. The molecular weight excluding hydrogens is 250 g/mol. The molecule has 0 radical (unpaired) electrons. The zero-order valence-corrected chi connectivity index (χ0v) is 10.3. The lowest BCUT2D eigenvalue weighted by atomic mass is 10.1. The maximum atomic E-state index is 12.2. The fourth-order valence-electron chi connectivity index (χ4n) is 1.53. The second-order valence-corrected chi connectivity index (χ2v) is 3.57. The lowest BCUT2D eigenvalue weighted by molar-refractivity contribution is 0.0590. The van der Waals surface area contributed by atoms with Crippen LogP contribution in [-0.2, 0) is 4.74 Å². The number of ketones is 1. The zero-order valence-electron chi connectivity index (χ0n) is 10.3. The van der Waals surface area contributed by atoms with Crippen molar-refractivity contribution in [2.75, 3.05) is 14.2 Å². The molecule has 0 aliphatic rings. The normalized spacial score (nSPS) is 10.0. The van der Waals surface area contributed by atoms with Gasteiger partial charge in [-0.25, -0.2) is 4.79 Å². The molecular formula is C12H11N3O4. The molecule has 0 unspecified atom stereocenters. The third-order valence-electron chi connectivity index (χ3n) is 2.47. The van der Waals surface area contributed by atoms with Crippen molar-refractivity contribution in [1.29, 1.82) is 0 Å². The summed E-state index contributed by atoms with van der Waals surface area (Å²) < 4.78 is 9.56. The van der Waals surface area contributed by atoms with Gasteiger partial charge in [-0.05, 0) is 12.1 Å². The van der Waals surface area contributed by atoms with Gasteiger partial charge in [0.1, 0.15) is 5.75 Å². The van der Waals surface area contributed by atoms with E-state index in [2.05, 4.69) is 20.1 Å². The predicted octanol–water partition coefficient (Wildman–Crippen LogP) is 0.831. The van der Waals surface area contributed by atoms with Gasteiger partial charge in [-0.3, -0.25) is 4.79 Å². The van der Waals surface area contributed by atoms with Gasteiger partial charge in [0.05, 0.1) is 14.2 Å². The first-order valence-electron chi connectivity index (χ1n) is 5.35. The number of esters is 1. The first-order valence-corrected chi connectivity index (χ1v) is 5.35. The maximum absolute atomic E-state index is 12.2. The van der Waals surface area contributed by atoms with Crippen molar-refractivity contribution in [3.05, 3.63) is 41.2 Å². The number of carbonyl (C=O) groups is 2. The van der Waals surface area contributed by atoms with Gasteiger partial charge in [-0.2, -0.15) is 10.3 Å². The Balaban J connectivity index is 2.39. The quantitative estimate of drug-likeness (QED) is 0.647. The molecule has 2 rings (SSSR count). The van der Waals surface area contributed by atoms with Crippen LogP contribution in [-0.4, -0.2) is 41.4 Å². The van der Waals surface area contributed by atoms with E-state index in [9.17, 15) is 9.59 Å². The molecule has 1 N–H and O–H groups in total. The number of aromatic amines is 1. The number of ether oxygens (including phenoxy) is 2. The Morgan fingerprint density at radius 1 is 1.16 bits per heavy atom. The van der Waals surface area contributed by atoms with Crippen molar-refractivity contribution >= 4 is 11.8 Å².